The maximum absolute atomic E-state index is 12.4. The number of carbonyl (C=O) groups is 1. The highest BCUT2D eigenvalue weighted by molar-refractivity contribution is 6.30. The van der Waals surface area contributed by atoms with E-state index in [-0.39, 0.29) is 5.91 Å². The Morgan fingerprint density at radius 2 is 2.00 bits per heavy atom. The molecule has 1 aromatic heterocycles. The van der Waals surface area contributed by atoms with Gasteiger partial charge in [-0.1, -0.05) is 36.2 Å². The molecule has 4 heteroatoms. The molecule has 0 atom stereocenters. The monoisotopic (exact) mass is 286 g/mol. The molecule has 2 aromatic rings. The van der Waals surface area contributed by atoms with Crippen LogP contribution in [0.5, 0.6) is 0 Å². The molecule has 0 bridgehead atoms. The van der Waals surface area contributed by atoms with E-state index in [9.17, 15) is 4.79 Å². The van der Waals surface area contributed by atoms with E-state index in [0.29, 0.717) is 5.02 Å². The smallest absolute Gasteiger partial charge is 0.267 e. The predicted molar refractivity (Wildman–Crippen MR) is 80.0 cm³/mol. The molecule has 2 heterocycles. The molecular formula is C16H15ClN2O. The van der Waals surface area contributed by atoms with Crippen molar-refractivity contribution in [3.8, 4) is 11.3 Å². The first-order valence-corrected chi connectivity index (χ1v) is 7.06. The fraction of sp³-hybridized carbons (Fsp3) is 0.250. The van der Waals surface area contributed by atoms with Crippen LogP contribution in [0.2, 0.25) is 5.02 Å². The highest BCUT2D eigenvalue weighted by Crippen LogP contribution is 2.27. The number of halogens is 1. The van der Waals surface area contributed by atoms with Crippen molar-refractivity contribution in [2.45, 2.75) is 26.7 Å². The number of rotatable bonds is 2. The second-order valence-corrected chi connectivity index (χ2v) is 5.47. The number of hydrogen-bond acceptors (Lipinski definition) is 2. The standard InChI is InChI=1S/C16H15ClN2O/c1-3-14-10(2)8-13-9-15(18-19(13)16(14)20)11-4-6-12(17)7-5-11/h4-7,9H,3,8H2,1-2H3. The van der Waals surface area contributed by atoms with Gasteiger partial charge in [0.2, 0.25) is 0 Å². The summed E-state index contributed by atoms with van der Waals surface area (Å²) in [6.45, 7) is 4.03. The summed E-state index contributed by atoms with van der Waals surface area (Å²) in [6.07, 6.45) is 1.54. The molecule has 1 aliphatic rings. The molecule has 0 amide bonds. The molecule has 3 nitrogen and oxygen atoms in total. The predicted octanol–water partition coefficient (Wildman–Crippen LogP) is 4.13. The molecule has 1 aliphatic heterocycles. The Hall–Kier alpha value is -1.87. The van der Waals surface area contributed by atoms with Crippen LogP contribution in [0.4, 0.5) is 0 Å². The first-order valence-electron chi connectivity index (χ1n) is 6.68. The van der Waals surface area contributed by atoms with Crippen LogP contribution in [0.3, 0.4) is 0 Å². The Morgan fingerprint density at radius 1 is 1.30 bits per heavy atom. The van der Waals surface area contributed by atoms with Crippen LogP contribution in [-0.4, -0.2) is 15.7 Å². The number of hydrogen-bond donors (Lipinski definition) is 0. The zero-order valence-electron chi connectivity index (χ0n) is 11.5. The minimum atomic E-state index is 0.00598. The Balaban J connectivity index is 2.03. The number of carbonyl (C=O) groups excluding carboxylic acids is 1. The number of allylic oxidation sites excluding steroid dienone is 2. The molecule has 3 rings (SSSR count). The molecule has 1 aromatic carbocycles. The minimum Gasteiger partial charge on any atom is -0.267 e. The van der Waals surface area contributed by atoms with Crippen molar-refractivity contribution < 1.29 is 4.79 Å². The Labute approximate surface area is 122 Å². The summed E-state index contributed by atoms with van der Waals surface area (Å²) in [7, 11) is 0. The van der Waals surface area contributed by atoms with E-state index in [0.717, 1.165) is 40.9 Å². The van der Waals surface area contributed by atoms with Crippen LogP contribution in [0, 0.1) is 0 Å². The van der Waals surface area contributed by atoms with E-state index in [4.69, 9.17) is 11.6 Å². The molecule has 0 saturated carbocycles. The summed E-state index contributed by atoms with van der Waals surface area (Å²) in [5.41, 5.74) is 4.76. The lowest BCUT2D eigenvalue weighted by atomic mass is 9.98. The van der Waals surface area contributed by atoms with Gasteiger partial charge in [-0.3, -0.25) is 4.79 Å². The summed E-state index contributed by atoms with van der Waals surface area (Å²) in [5.74, 6) is 0.00598. The second kappa shape index (κ2) is 4.91. The molecule has 0 spiro atoms. The van der Waals surface area contributed by atoms with Crippen LogP contribution in [0.1, 0.15) is 30.8 Å². The van der Waals surface area contributed by atoms with Gasteiger partial charge in [0.05, 0.1) is 11.4 Å². The topological polar surface area (TPSA) is 34.9 Å². The van der Waals surface area contributed by atoms with E-state index in [1.807, 2.05) is 44.2 Å². The normalized spacial score (nSPS) is 14.7. The third kappa shape index (κ3) is 2.08. The highest BCUT2D eigenvalue weighted by Gasteiger charge is 2.24. The van der Waals surface area contributed by atoms with Gasteiger partial charge >= 0.3 is 0 Å². The molecule has 0 radical (unpaired) electrons. The summed E-state index contributed by atoms with van der Waals surface area (Å²) >= 11 is 5.89. The second-order valence-electron chi connectivity index (χ2n) is 5.03. The van der Waals surface area contributed by atoms with Crippen LogP contribution in [-0.2, 0) is 6.42 Å². The summed E-state index contributed by atoms with van der Waals surface area (Å²) < 4.78 is 1.54. The SMILES string of the molecule is CCC1=C(C)Cc2cc(-c3ccc(Cl)cc3)nn2C1=O. The lowest BCUT2D eigenvalue weighted by Crippen LogP contribution is -2.23. The average Bonchev–Trinajstić information content (AvgIpc) is 2.84. The molecule has 0 unspecified atom stereocenters. The average molecular weight is 287 g/mol. The molecule has 0 saturated heterocycles. The third-order valence-corrected chi connectivity index (χ3v) is 3.94. The van der Waals surface area contributed by atoms with Gasteiger partial charge in [-0.25, -0.2) is 4.68 Å². The molecular weight excluding hydrogens is 272 g/mol. The van der Waals surface area contributed by atoms with E-state index in [1.165, 1.54) is 4.68 Å². The van der Waals surface area contributed by atoms with Crippen molar-refractivity contribution in [3.05, 3.63) is 52.2 Å². The van der Waals surface area contributed by atoms with Crippen LogP contribution in [0.15, 0.2) is 41.5 Å². The van der Waals surface area contributed by atoms with Crippen molar-refractivity contribution in [2.24, 2.45) is 0 Å². The van der Waals surface area contributed by atoms with Crippen molar-refractivity contribution in [2.75, 3.05) is 0 Å². The first kappa shape index (κ1) is 13.1. The molecule has 102 valence electrons. The van der Waals surface area contributed by atoms with Gasteiger partial charge in [0.25, 0.3) is 5.91 Å². The maximum Gasteiger partial charge on any atom is 0.274 e. The van der Waals surface area contributed by atoms with Gasteiger partial charge in [0.1, 0.15) is 0 Å². The number of benzene rings is 1. The Morgan fingerprint density at radius 3 is 2.65 bits per heavy atom. The largest absolute Gasteiger partial charge is 0.274 e. The maximum atomic E-state index is 12.4. The van der Waals surface area contributed by atoms with Crippen LogP contribution in [0.25, 0.3) is 11.3 Å². The lowest BCUT2D eigenvalue weighted by Gasteiger charge is -2.16. The van der Waals surface area contributed by atoms with Crippen molar-refractivity contribution >= 4 is 17.5 Å². The summed E-state index contributed by atoms with van der Waals surface area (Å²) in [5, 5.41) is 5.15. The molecule has 0 N–H and O–H groups in total. The van der Waals surface area contributed by atoms with Gasteiger partial charge in [-0.15, -0.1) is 0 Å². The van der Waals surface area contributed by atoms with Crippen molar-refractivity contribution in [3.63, 3.8) is 0 Å². The zero-order chi connectivity index (χ0) is 14.3. The molecule has 0 aliphatic carbocycles. The van der Waals surface area contributed by atoms with E-state index in [2.05, 4.69) is 5.10 Å². The number of nitrogens with zero attached hydrogens (tertiary/aromatic N) is 2. The highest BCUT2D eigenvalue weighted by atomic mass is 35.5. The Bertz CT molecular complexity index is 711. The van der Waals surface area contributed by atoms with E-state index < -0.39 is 0 Å². The van der Waals surface area contributed by atoms with Crippen molar-refractivity contribution in [1.29, 1.82) is 0 Å². The van der Waals surface area contributed by atoms with Crippen LogP contribution >= 0.6 is 11.6 Å². The van der Waals surface area contributed by atoms with Gasteiger partial charge in [0.15, 0.2) is 0 Å². The summed E-state index contributed by atoms with van der Waals surface area (Å²) in [6, 6.07) is 9.48. The number of aromatic nitrogens is 2. The molecule has 0 fully saturated rings. The zero-order valence-corrected chi connectivity index (χ0v) is 12.2. The van der Waals surface area contributed by atoms with Gasteiger partial charge in [-0.2, -0.15) is 5.10 Å². The van der Waals surface area contributed by atoms with E-state index in [1.54, 1.807) is 0 Å². The van der Waals surface area contributed by atoms with Crippen LogP contribution < -0.4 is 0 Å². The number of fused-ring (bicyclic) bond motifs is 1. The third-order valence-electron chi connectivity index (χ3n) is 3.69. The van der Waals surface area contributed by atoms with Crippen molar-refractivity contribution in [1.82, 2.24) is 9.78 Å². The fourth-order valence-electron chi connectivity index (χ4n) is 2.63. The summed E-state index contributed by atoms with van der Waals surface area (Å²) in [4.78, 5) is 12.4. The fourth-order valence-corrected chi connectivity index (χ4v) is 2.75. The first-order chi connectivity index (χ1) is 9.60. The van der Waals surface area contributed by atoms with Gasteiger partial charge in [0, 0.05) is 22.6 Å². The van der Waals surface area contributed by atoms with E-state index >= 15 is 0 Å². The molecule has 20 heavy (non-hydrogen) atoms. The van der Waals surface area contributed by atoms with Gasteiger partial charge < -0.3 is 0 Å². The lowest BCUT2D eigenvalue weighted by molar-refractivity contribution is 0.0927. The minimum absolute atomic E-state index is 0.00598. The Kier molecular flexibility index (Phi) is 3.22. The quantitative estimate of drug-likeness (QED) is 0.832. The van der Waals surface area contributed by atoms with Gasteiger partial charge in [-0.05, 0) is 31.5 Å².